The molecule has 0 bridgehead atoms. The topological polar surface area (TPSA) is 37.6 Å². The zero-order valence-corrected chi connectivity index (χ0v) is 15.7. The molecule has 1 N–H and O–H groups in total. The van der Waals surface area contributed by atoms with Crippen molar-refractivity contribution in [2.75, 3.05) is 20.7 Å². The summed E-state index contributed by atoms with van der Waals surface area (Å²) in [6.45, 7) is 1.74. The van der Waals surface area contributed by atoms with Gasteiger partial charge in [-0.05, 0) is 37.2 Å². The third-order valence-corrected chi connectivity index (χ3v) is 4.47. The Morgan fingerprint density at radius 2 is 1.84 bits per heavy atom. The number of halogens is 1. The van der Waals surface area contributed by atoms with Crippen LogP contribution in [0.5, 0.6) is 11.5 Å². The van der Waals surface area contributed by atoms with E-state index in [1.165, 1.54) is 11.1 Å². The van der Waals surface area contributed by atoms with Gasteiger partial charge in [-0.1, -0.05) is 24.3 Å². The van der Waals surface area contributed by atoms with Gasteiger partial charge in [-0.2, -0.15) is 0 Å². The van der Waals surface area contributed by atoms with Crippen LogP contribution < -0.4 is 4.74 Å². The molecule has 3 aromatic rings. The van der Waals surface area contributed by atoms with Crippen LogP contribution in [0, 0.1) is 0 Å². The zero-order valence-electron chi connectivity index (χ0n) is 14.9. The van der Waals surface area contributed by atoms with E-state index in [2.05, 4.69) is 28.8 Å². The summed E-state index contributed by atoms with van der Waals surface area (Å²) >= 11 is 0. The molecule has 0 amide bonds. The molecule has 25 heavy (non-hydrogen) atoms. The maximum Gasteiger partial charge on any atom is 0.125 e. The summed E-state index contributed by atoms with van der Waals surface area (Å²) in [5.74, 6) is 1.28. The Kier molecular flexibility index (Phi) is 6.34. The van der Waals surface area contributed by atoms with Gasteiger partial charge in [0, 0.05) is 37.3 Å². The van der Waals surface area contributed by atoms with Crippen molar-refractivity contribution < 1.29 is 9.84 Å². The molecule has 1 aromatic heterocycles. The Morgan fingerprint density at radius 1 is 1.08 bits per heavy atom. The van der Waals surface area contributed by atoms with Crippen molar-refractivity contribution in [2.45, 2.75) is 13.0 Å². The molecule has 134 valence electrons. The Balaban J connectivity index is 0.00000225. The lowest BCUT2D eigenvalue weighted by molar-refractivity contribution is 0.321. The van der Waals surface area contributed by atoms with Gasteiger partial charge in [0.05, 0.1) is 12.6 Å². The van der Waals surface area contributed by atoms with E-state index in [-0.39, 0.29) is 12.4 Å². The molecular formula is C20H25ClN2O2. The second-order valence-electron chi connectivity index (χ2n) is 6.24. The molecule has 5 heteroatoms. The van der Waals surface area contributed by atoms with E-state index in [9.17, 15) is 5.11 Å². The summed E-state index contributed by atoms with van der Waals surface area (Å²) in [5.41, 5.74) is 3.43. The number of phenolic OH excluding ortho intramolecular Hbond substituents is 1. The molecule has 0 aliphatic carbocycles. The number of hydrogen-bond donors (Lipinski definition) is 1. The number of aromatic nitrogens is 1. The summed E-state index contributed by atoms with van der Waals surface area (Å²) < 4.78 is 7.50. The number of nitrogens with zero attached hydrogens (tertiary/aromatic N) is 2. The van der Waals surface area contributed by atoms with Crippen LogP contribution in [0.3, 0.4) is 0 Å². The van der Waals surface area contributed by atoms with Gasteiger partial charge < -0.3 is 19.3 Å². The summed E-state index contributed by atoms with van der Waals surface area (Å²) in [4.78, 5) is 2.27. The molecule has 1 heterocycles. The Hall–Kier alpha value is -2.17. The first kappa shape index (κ1) is 19.2. The van der Waals surface area contributed by atoms with Crippen molar-refractivity contribution in [3.63, 3.8) is 0 Å². The first-order valence-electron chi connectivity index (χ1n) is 8.16. The first-order valence-corrected chi connectivity index (χ1v) is 8.16. The number of likely N-dealkylation sites (N-methyl/N-ethyl adjacent to an activating group) is 1. The fraction of sp³-hybridized carbons (Fsp3) is 0.300. The second-order valence-corrected chi connectivity index (χ2v) is 6.24. The number of fused-ring (bicyclic) bond motifs is 1. The van der Waals surface area contributed by atoms with Crippen molar-refractivity contribution in [2.24, 2.45) is 7.05 Å². The molecule has 4 nitrogen and oxygen atoms in total. The quantitative estimate of drug-likeness (QED) is 0.722. The van der Waals surface area contributed by atoms with Crippen LogP contribution >= 0.6 is 12.4 Å². The number of phenols is 1. The van der Waals surface area contributed by atoms with Gasteiger partial charge in [-0.3, -0.25) is 0 Å². The third kappa shape index (κ3) is 4.09. The van der Waals surface area contributed by atoms with Crippen molar-refractivity contribution in [3.05, 3.63) is 59.8 Å². The van der Waals surface area contributed by atoms with Gasteiger partial charge in [0.2, 0.25) is 0 Å². The van der Waals surface area contributed by atoms with E-state index in [0.29, 0.717) is 5.75 Å². The van der Waals surface area contributed by atoms with Gasteiger partial charge in [0.15, 0.2) is 0 Å². The fourth-order valence-corrected chi connectivity index (χ4v) is 3.22. The Labute approximate surface area is 155 Å². The van der Waals surface area contributed by atoms with Crippen LogP contribution in [0.15, 0.2) is 48.7 Å². The maximum absolute atomic E-state index is 10.2. The minimum atomic E-state index is 0. The number of ether oxygens (including phenoxy) is 1. The minimum absolute atomic E-state index is 0. The van der Waals surface area contributed by atoms with Gasteiger partial charge in [-0.15, -0.1) is 12.4 Å². The number of hydrogen-bond acceptors (Lipinski definition) is 3. The molecule has 0 saturated carbocycles. The number of benzene rings is 2. The van der Waals surface area contributed by atoms with Crippen molar-refractivity contribution >= 4 is 23.3 Å². The molecule has 0 aliphatic rings. The van der Waals surface area contributed by atoms with Crippen LogP contribution in [-0.4, -0.2) is 35.3 Å². The average Bonchev–Trinajstić information content (AvgIpc) is 2.91. The van der Waals surface area contributed by atoms with E-state index >= 15 is 0 Å². The zero-order chi connectivity index (χ0) is 17.1. The second kappa shape index (κ2) is 8.28. The Morgan fingerprint density at radius 3 is 2.60 bits per heavy atom. The van der Waals surface area contributed by atoms with Gasteiger partial charge >= 0.3 is 0 Å². The predicted molar refractivity (Wildman–Crippen MR) is 105 cm³/mol. The van der Waals surface area contributed by atoms with Crippen molar-refractivity contribution in [1.29, 1.82) is 0 Å². The van der Waals surface area contributed by atoms with Crippen molar-refractivity contribution in [1.82, 2.24) is 9.47 Å². The highest BCUT2D eigenvalue weighted by molar-refractivity contribution is 5.89. The molecule has 0 saturated heterocycles. The predicted octanol–water partition coefficient (Wildman–Crippen LogP) is 3.99. The molecular weight excluding hydrogens is 336 g/mol. The molecule has 0 spiro atoms. The molecule has 3 rings (SSSR count). The normalized spacial score (nSPS) is 10.9. The summed E-state index contributed by atoms with van der Waals surface area (Å²) in [6.07, 6.45) is 3.00. The van der Waals surface area contributed by atoms with Crippen LogP contribution in [0.4, 0.5) is 0 Å². The highest BCUT2D eigenvalue weighted by atomic mass is 35.5. The van der Waals surface area contributed by atoms with E-state index < -0.39 is 0 Å². The SMILES string of the molecule is COc1ccccc1CN(C)CCc1cn(C)c2cccc(O)c12.Cl. The fourth-order valence-electron chi connectivity index (χ4n) is 3.22. The van der Waals surface area contributed by atoms with Crippen LogP contribution in [0.1, 0.15) is 11.1 Å². The highest BCUT2D eigenvalue weighted by Crippen LogP contribution is 2.29. The average molecular weight is 361 g/mol. The van der Waals surface area contributed by atoms with Crippen molar-refractivity contribution in [3.8, 4) is 11.5 Å². The van der Waals surface area contributed by atoms with Gasteiger partial charge in [0.25, 0.3) is 0 Å². The van der Waals surface area contributed by atoms with E-state index in [0.717, 1.165) is 36.2 Å². The molecule has 0 unspecified atom stereocenters. The summed E-state index contributed by atoms with van der Waals surface area (Å²) in [7, 11) is 5.83. The third-order valence-electron chi connectivity index (χ3n) is 4.47. The largest absolute Gasteiger partial charge is 0.507 e. The van der Waals surface area contributed by atoms with Gasteiger partial charge in [-0.25, -0.2) is 0 Å². The molecule has 0 fully saturated rings. The number of aryl methyl sites for hydroxylation is 1. The minimum Gasteiger partial charge on any atom is -0.507 e. The first-order chi connectivity index (χ1) is 11.6. The number of aromatic hydroxyl groups is 1. The smallest absolute Gasteiger partial charge is 0.125 e. The van der Waals surface area contributed by atoms with Crippen LogP contribution in [0.25, 0.3) is 10.9 Å². The van der Waals surface area contributed by atoms with Crippen LogP contribution in [-0.2, 0) is 20.0 Å². The lowest BCUT2D eigenvalue weighted by Crippen LogP contribution is -2.21. The maximum atomic E-state index is 10.2. The molecule has 0 atom stereocenters. The highest BCUT2D eigenvalue weighted by Gasteiger charge is 2.12. The van der Waals surface area contributed by atoms with E-state index in [1.807, 2.05) is 37.4 Å². The lowest BCUT2D eigenvalue weighted by Gasteiger charge is -2.18. The lowest BCUT2D eigenvalue weighted by atomic mass is 10.1. The van der Waals surface area contributed by atoms with Crippen LogP contribution in [0.2, 0.25) is 0 Å². The Bertz CT molecular complexity index is 845. The van der Waals surface area contributed by atoms with E-state index in [4.69, 9.17) is 4.74 Å². The summed E-state index contributed by atoms with van der Waals surface area (Å²) in [6, 6.07) is 13.8. The van der Waals surface area contributed by atoms with E-state index in [1.54, 1.807) is 13.2 Å². The van der Waals surface area contributed by atoms with Gasteiger partial charge in [0.1, 0.15) is 11.5 Å². The monoisotopic (exact) mass is 360 g/mol. The molecule has 0 radical (unpaired) electrons. The standard InChI is InChI=1S/C20H24N2O2.ClH/c1-21(13-15-7-4-5-10-19(15)24-3)12-11-16-14-22(2)17-8-6-9-18(23)20(16)17;/h4-10,14,23H,11-13H2,1-3H3;1H. The number of rotatable bonds is 6. The molecule has 0 aliphatic heterocycles. The number of para-hydroxylation sites is 1. The molecule has 2 aromatic carbocycles. The number of methoxy groups -OCH3 is 1. The summed E-state index contributed by atoms with van der Waals surface area (Å²) in [5, 5.41) is 11.2.